The first-order valence-electron chi connectivity index (χ1n) is 9.37. The molecule has 3 aromatic rings. The molecular weight excluding hydrogens is 384 g/mol. The number of rotatable bonds is 8. The number of Topliss-reactive ketones (excluding diaryl/α,β-unsaturated/α-hetero) is 1. The summed E-state index contributed by atoms with van der Waals surface area (Å²) in [6, 6.07) is 17.1. The Morgan fingerprint density at radius 3 is 2.45 bits per heavy atom. The average Bonchev–Trinajstić information content (AvgIpc) is 3.07. The van der Waals surface area contributed by atoms with Gasteiger partial charge in [0.15, 0.2) is 16.8 Å². The summed E-state index contributed by atoms with van der Waals surface area (Å²) >= 11 is 1.30. The molecule has 1 amide bonds. The van der Waals surface area contributed by atoms with Gasteiger partial charge < -0.3 is 9.88 Å². The standard InChI is InChI=1S/C22H24N4O2S/c1-15-9-7-8-12-18(15)21-24-25-22(26(21)3)29-14-20(28)23-19(16(2)27)13-17-10-5-4-6-11-17/h4-12,19H,13-14H2,1-3H3,(H,23,28)/t19-/m0/s1. The van der Waals surface area contributed by atoms with Crippen molar-refractivity contribution in [2.24, 2.45) is 7.05 Å². The van der Waals surface area contributed by atoms with Gasteiger partial charge in [-0.05, 0) is 31.4 Å². The Balaban J connectivity index is 1.62. The molecule has 1 heterocycles. The van der Waals surface area contributed by atoms with Crippen molar-refractivity contribution < 1.29 is 9.59 Å². The SMILES string of the molecule is CC(=O)[C@H](Cc1ccccc1)NC(=O)CSc1nnc(-c2ccccc2C)n1C. The molecule has 1 N–H and O–H groups in total. The molecule has 0 unspecified atom stereocenters. The second kappa shape index (κ2) is 9.52. The van der Waals surface area contributed by atoms with Crippen molar-refractivity contribution >= 4 is 23.5 Å². The maximum absolute atomic E-state index is 12.4. The zero-order valence-corrected chi connectivity index (χ0v) is 17.6. The number of hydrogen-bond donors (Lipinski definition) is 1. The van der Waals surface area contributed by atoms with Crippen LogP contribution in [-0.2, 0) is 23.1 Å². The van der Waals surface area contributed by atoms with Crippen LogP contribution in [-0.4, -0.2) is 38.2 Å². The minimum atomic E-state index is -0.535. The van der Waals surface area contributed by atoms with Crippen LogP contribution < -0.4 is 5.32 Å². The van der Waals surface area contributed by atoms with Crippen LogP contribution in [0.3, 0.4) is 0 Å². The topological polar surface area (TPSA) is 76.9 Å². The van der Waals surface area contributed by atoms with Gasteiger partial charge in [-0.1, -0.05) is 66.4 Å². The van der Waals surface area contributed by atoms with Gasteiger partial charge in [0, 0.05) is 12.6 Å². The quantitative estimate of drug-likeness (QED) is 0.579. The fraction of sp³-hybridized carbons (Fsp3) is 0.273. The van der Waals surface area contributed by atoms with Gasteiger partial charge in [0.25, 0.3) is 0 Å². The molecule has 0 aliphatic heterocycles. The smallest absolute Gasteiger partial charge is 0.231 e. The number of nitrogens with zero attached hydrogens (tertiary/aromatic N) is 3. The maximum Gasteiger partial charge on any atom is 0.231 e. The Hall–Kier alpha value is -2.93. The van der Waals surface area contributed by atoms with Gasteiger partial charge in [-0.15, -0.1) is 10.2 Å². The number of aromatic nitrogens is 3. The number of thioether (sulfide) groups is 1. The zero-order valence-electron chi connectivity index (χ0n) is 16.8. The van der Waals surface area contributed by atoms with E-state index in [2.05, 4.69) is 15.5 Å². The molecule has 0 radical (unpaired) electrons. The zero-order chi connectivity index (χ0) is 20.8. The Morgan fingerprint density at radius 1 is 1.07 bits per heavy atom. The van der Waals surface area contributed by atoms with Crippen molar-refractivity contribution in [3.63, 3.8) is 0 Å². The lowest BCUT2D eigenvalue weighted by atomic mass is 10.0. The molecule has 0 fully saturated rings. The number of ketones is 1. The lowest BCUT2D eigenvalue weighted by Gasteiger charge is -2.16. The molecule has 0 spiro atoms. The van der Waals surface area contributed by atoms with Crippen molar-refractivity contribution in [1.29, 1.82) is 0 Å². The summed E-state index contributed by atoms with van der Waals surface area (Å²) in [6.07, 6.45) is 0.480. The van der Waals surface area contributed by atoms with Gasteiger partial charge in [-0.2, -0.15) is 0 Å². The van der Waals surface area contributed by atoms with Gasteiger partial charge in [0.05, 0.1) is 11.8 Å². The Bertz CT molecular complexity index is 1000. The number of amides is 1. The average molecular weight is 409 g/mol. The van der Waals surface area contributed by atoms with E-state index in [1.807, 2.05) is 73.1 Å². The van der Waals surface area contributed by atoms with Gasteiger partial charge in [0.1, 0.15) is 0 Å². The molecule has 0 aliphatic rings. The molecule has 2 aromatic carbocycles. The van der Waals surface area contributed by atoms with E-state index in [-0.39, 0.29) is 17.4 Å². The fourth-order valence-electron chi connectivity index (χ4n) is 3.01. The van der Waals surface area contributed by atoms with Gasteiger partial charge in [0.2, 0.25) is 5.91 Å². The van der Waals surface area contributed by atoms with Crippen molar-refractivity contribution in [3.05, 3.63) is 65.7 Å². The summed E-state index contributed by atoms with van der Waals surface area (Å²) in [5.74, 6) is 0.661. The minimum absolute atomic E-state index is 0.0623. The number of benzene rings is 2. The largest absolute Gasteiger partial charge is 0.345 e. The van der Waals surface area contributed by atoms with E-state index in [4.69, 9.17) is 0 Å². The molecule has 0 aliphatic carbocycles. The van der Waals surface area contributed by atoms with Crippen molar-refractivity contribution in [2.45, 2.75) is 31.5 Å². The van der Waals surface area contributed by atoms with Crippen LogP contribution in [0.25, 0.3) is 11.4 Å². The van der Waals surface area contributed by atoms with Crippen LogP contribution >= 0.6 is 11.8 Å². The second-order valence-electron chi connectivity index (χ2n) is 6.89. The first-order chi connectivity index (χ1) is 14.0. The molecule has 7 heteroatoms. The lowest BCUT2D eigenvalue weighted by molar-refractivity contribution is -0.125. The third kappa shape index (κ3) is 5.32. The predicted molar refractivity (Wildman–Crippen MR) is 115 cm³/mol. The summed E-state index contributed by atoms with van der Waals surface area (Å²) in [5, 5.41) is 12.0. The highest BCUT2D eigenvalue weighted by atomic mass is 32.2. The van der Waals surface area contributed by atoms with Crippen molar-refractivity contribution in [3.8, 4) is 11.4 Å². The normalized spacial score (nSPS) is 11.8. The summed E-state index contributed by atoms with van der Waals surface area (Å²) in [4.78, 5) is 24.4. The maximum atomic E-state index is 12.4. The number of aryl methyl sites for hydroxylation is 1. The van der Waals surface area contributed by atoms with Gasteiger partial charge >= 0.3 is 0 Å². The first kappa shape index (κ1) is 20.8. The van der Waals surface area contributed by atoms with E-state index in [1.165, 1.54) is 18.7 Å². The summed E-state index contributed by atoms with van der Waals surface area (Å²) in [6.45, 7) is 3.52. The van der Waals surface area contributed by atoms with Crippen LogP contribution in [0.15, 0.2) is 59.8 Å². The fourth-order valence-corrected chi connectivity index (χ4v) is 3.73. The molecule has 0 saturated carbocycles. The van der Waals surface area contributed by atoms with Crippen LogP contribution in [0.2, 0.25) is 0 Å². The van der Waals surface area contributed by atoms with Crippen LogP contribution in [0, 0.1) is 6.92 Å². The van der Waals surface area contributed by atoms with Crippen molar-refractivity contribution in [1.82, 2.24) is 20.1 Å². The molecule has 29 heavy (non-hydrogen) atoms. The number of hydrogen-bond acceptors (Lipinski definition) is 5. The second-order valence-corrected chi connectivity index (χ2v) is 7.83. The van der Waals surface area contributed by atoms with Crippen LogP contribution in [0.1, 0.15) is 18.1 Å². The van der Waals surface area contributed by atoms with Gasteiger partial charge in [-0.3, -0.25) is 9.59 Å². The van der Waals surface area contributed by atoms with Crippen LogP contribution in [0.4, 0.5) is 0 Å². The Labute approximate surface area is 174 Å². The van der Waals surface area contributed by atoms with E-state index in [1.54, 1.807) is 0 Å². The summed E-state index contributed by atoms with van der Waals surface area (Å²) in [7, 11) is 1.88. The van der Waals surface area contributed by atoms with Crippen molar-refractivity contribution in [2.75, 3.05) is 5.75 Å². The highest BCUT2D eigenvalue weighted by Gasteiger charge is 2.19. The number of nitrogens with one attached hydrogen (secondary N) is 1. The molecule has 6 nitrogen and oxygen atoms in total. The minimum Gasteiger partial charge on any atom is -0.345 e. The predicted octanol–water partition coefficient (Wildman–Crippen LogP) is 3.20. The molecule has 0 saturated heterocycles. The van der Waals surface area contributed by atoms with Gasteiger partial charge in [-0.25, -0.2) is 0 Å². The monoisotopic (exact) mass is 408 g/mol. The van der Waals surface area contributed by atoms with E-state index < -0.39 is 6.04 Å². The molecular formula is C22H24N4O2S. The Morgan fingerprint density at radius 2 is 1.76 bits per heavy atom. The van der Waals surface area contributed by atoms with E-state index in [0.29, 0.717) is 11.6 Å². The molecule has 3 rings (SSSR count). The Kier molecular flexibility index (Phi) is 6.82. The third-order valence-electron chi connectivity index (χ3n) is 4.66. The number of carbonyl (C=O) groups is 2. The number of carbonyl (C=O) groups excluding carboxylic acids is 2. The van der Waals surface area contributed by atoms with E-state index in [9.17, 15) is 9.59 Å². The van der Waals surface area contributed by atoms with Crippen LogP contribution in [0.5, 0.6) is 0 Å². The highest BCUT2D eigenvalue weighted by Crippen LogP contribution is 2.24. The summed E-state index contributed by atoms with van der Waals surface area (Å²) in [5.41, 5.74) is 3.14. The molecule has 1 atom stereocenters. The molecule has 0 bridgehead atoms. The van der Waals surface area contributed by atoms with E-state index >= 15 is 0 Å². The lowest BCUT2D eigenvalue weighted by Crippen LogP contribution is -2.42. The summed E-state index contributed by atoms with van der Waals surface area (Å²) < 4.78 is 1.88. The van der Waals surface area contributed by atoms with E-state index in [0.717, 1.165) is 22.5 Å². The molecule has 150 valence electrons. The molecule has 1 aromatic heterocycles. The first-order valence-corrected chi connectivity index (χ1v) is 10.4. The third-order valence-corrected chi connectivity index (χ3v) is 5.68. The highest BCUT2D eigenvalue weighted by molar-refractivity contribution is 7.99.